The Bertz CT molecular complexity index is 1060. The maximum atomic E-state index is 12.9. The topological polar surface area (TPSA) is 49.8 Å². The molecule has 1 atom stereocenters. The number of benzene rings is 3. The molecular formula is C29H34ClNO3. The Morgan fingerprint density at radius 1 is 0.941 bits per heavy atom. The quantitative estimate of drug-likeness (QED) is 0.260. The van der Waals surface area contributed by atoms with Crippen molar-refractivity contribution in [1.82, 2.24) is 4.90 Å². The zero-order valence-electron chi connectivity index (χ0n) is 20.4. The molecule has 0 aliphatic carbocycles. The van der Waals surface area contributed by atoms with Crippen LogP contribution in [0.1, 0.15) is 67.1 Å². The number of carbonyl (C=O) groups is 1. The highest BCUT2D eigenvalue weighted by Gasteiger charge is 2.23. The summed E-state index contributed by atoms with van der Waals surface area (Å²) < 4.78 is 5.90. The monoisotopic (exact) mass is 479 g/mol. The summed E-state index contributed by atoms with van der Waals surface area (Å²) in [5, 5.41) is 10.4. The van der Waals surface area contributed by atoms with Crippen LogP contribution in [0.25, 0.3) is 0 Å². The van der Waals surface area contributed by atoms with Crippen molar-refractivity contribution in [2.45, 2.75) is 58.7 Å². The molecule has 5 heteroatoms. The Kier molecular flexibility index (Phi) is 9.28. The third kappa shape index (κ3) is 6.69. The number of hydrogen-bond donors (Lipinski definition) is 1. The van der Waals surface area contributed by atoms with Crippen LogP contribution in [0.15, 0.2) is 72.8 Å². The summed E-state index contributed by atoms with van der Waals surface area (Å²) in [6.07, 6.45) is 0.848. The fourth-order valence-electron chi connectivity index (χ4n) is 4.38. The maximum absolute atomic E-state index is 12.9. The highest BCUT2D eigenvalue weighted by Crippen LogP contribution is 2.36. The molecule has 180 valence electrons. The molecule has 3 aromatic carbocycles. The predicted molar refractivity (Wildman–Crippen MR) is 139 cm³/mol. The van der Waals surface area contributed by atoms with Crippen molar-refractivity contribution in [1.29, 1.82) is 0 Å². The van der Waals surface area contributed by atoms with Gasteiger partial charge in [-0.2, -0.15) is 0 Å². The molecule has 0 radical (unpaired) electrons. The average Bonchev–Trinajstić information content (AvgIpc) is 2.82. The van der Waals surface area contributed by atoms with E-state index < -0.39 is 5.97 Å². The van der Waals surface area contributed by atoms with E-state index in [-0.39, 0.29) is 12.5 Å². The Morgan fingerprint density at radius 2 is 1.59 bits per heavy atom. The van der Waals surface area contributed by atoms with Crippen molar-refractivity contribution in [2.24, 2.45) is 0 Å². The summed E-state index contributed by atoms with van der Waals surface area (Å²) in [6, 6.07) is 23.3. The van der Waals surface area contributed by atoms with E-state index in [0.29, 0.717) is 28.4 Å². The highest BCUT2D eigenvalue weighted by molar-refractivity contribution is 6.30. The molecule has 34 heavy (non-hydrogen) atoms. The number of aliphatic hydroxyl groups is 1. The van der Waals surface area contributed by atoms with Crippen molar-refractivity contribution in [3.63, 3.8) is 0 Å². The number of halogens is 1. The van der Waals surface area contributed by atoms with Gasteiger partial charge in [0.25, 0.3) is 0 Å². The van der Waals surface area contributed by atoms with Crippen LogP contribution >= 0.6 is 11.6 Å². The lowest BCUT2D eigenvalue weighted by molar-refractivity contribution is 0.0732. The second kappa shape index (κ2) is 12.2. The van der Waals surface area contributed by atoms with Gasteiger partial charge in [0.2, 0.25) is 0 Å². The Balaban J connectivity index is 1.99. The second-order valence-electron chi connectivity index (χ2n) is 9.10. The SMILES string of the molecule is CC(C)N(CCC(c1ccccc1)c1cc(CO)ccc1OC(=O)c1ccc(Cl)cc1)C(C)C. The molecule has 0 heterocycles. The first kappa shape index (κ1) is 26.0. The van der Waals surface area contributed by atoms with Gasteiger partial charge in [-0.05, 0) is 88.2 Å². The van der Waals surface area contributed by atoms with E-state index in [1.807, 2.05) is 24.3 Å². The van der Waals surface area contributed by atoms with E-state index in [9.17, 15) is 9.90 Å². The Morgan fingerprint density at radius 3 is 2.18 bits per heavy atom. The third-order valence-electron chi connectivity index (χ3n) is 6.12. The van der Waals surface area contributed by atoms with Gasteiger partial charge in [-0.3, -0.25) is 4.90 Å². The highest BCUT2D eigenvalue weighted by atomic mass is 35.5. The minimum Gasteiger partial charge on any atom is -0.423 e. The summed E-state index contributed by atoms with van der Waals surface area (Å²) in [4.78, 5) is 15.4. The van der Waals surface area contributed by atoms with Gasteiger partial charge in [-0.15, -0.1) is 0 Å². The number of hydrogen-bond acceptors (Lipinski definition) is 4. The molecule has 0 saturated carbocycles. The molecule has 3 aromatic rings. The van der Waals surface area contributed by atoms with E-state index in [1.165, 1.54) is 0 Å². The molecule has 0 spiro atoms. The first-order valence-electron chi connectivity index (χ1n) is 11.8. The fourth-order valence-corrected chi connectivity index (χ4v) is 4.51. The van der Waals surface area contributed by atoms with E-state index >= 15 is 0 Å². The molecule has 3 rings (SSSR count). The molecule has 1 N–H and O–H groups in total. The minimum atomic E-state index is -0.438. The summed E-state index contributed by atoms with van der Waals surface area (Å²) in [6.45, 7) is 9.66. The van der Waals surface area contributed by atoms with Crippen LogP contribution in [-0.4, -0.2) is 34.6 Å². The Hall–Kier alpha value is -2.66. The fraction of sp³-hybridized carbons (Fsp3) is 0.345. The zero-order valence-corrected chi connectivity index (χ0v) is 21.1. The van der Waals surface area contributed by atoms with Gasteiger partial charge in [0.1, 0.15) is 5.75 Å². The van der Waals surface area contributed by atoms with Crippen LogP contribution in [0.4, 0.5) is 0 Å². The number of aliphatic hydroxyl groups excluding tert-OH is 1. The van der Waals surface area contributed by atoms with Gasteiger partial charge in [0.15, 0.2) is 0 Å². The zero-order chi connectivity index (χ0) is 24.7. The van der Waals surface area contributed by atoms with Gasteiger partial charge in [-0.1, -0.05) is 48.0 Å². The maximum Gasteiger partial charge on any atom is 0.343 e. The molecule has 0 aliphatic heterocycles. The first-order chi connectivity index (χ1) is 16.3. The van der Waals surface area contributed by atoms with E-state index in [4.69, 9.17) is 16.3 Å². The van der Waals surface area contributed by atoms with Crippen molar-refractivity contribution in [3.8, 4) is 5.75 Å². The van der Waals surface area contributed by atoms with Crippen molar-refractivity contribution in [2.75, 3.05) is 6.54 Å². The lowest BCUT2D eigenvalue weighted by atomic mass is 9.86. The van der Waals surface area contributed by atoms with Gasteiger partial charge in [0.05, 0.1) is 12.2 Å². The van der Waals surface area contributed by atoms with Crippen LogP contribution < -0.4 is 4.74 Å². The third-order valence-corrected chi connectivity index (χ3v) is 6.37. The van der Waals surface area contributed by atoms with Crippen LogP contribution in [0.5, 0.6) is 5.75 Å². The average molecular weight is 480 g/mol. The van der Waals surface area contributed by atoms with Gasteiger partial charge >= 0.3 is 5.97 Å². The summed E-state index contributed by atoms with van der Waals surface area (Å²) >= 11 is 5.97. The first-order valence-corrected chi connectivity index (χ1v) is 12.2. The van der Waals surface area contributed by atoms with Crippen LogP contribution in [0.2, 0.25) is 5.02 Å². The molecule has 0 aromatic heterocycles. The lowest BCUT2D eigenvalue weighted by Gasteiger charge is -2.32. The standard InChI is InChI=1S/C29H34ClNO3/c1-20(2)31(21(3)4)17-16-26(23-8-6-5-7-9-23)27-18-22(19-32)10-15-28(27)34-29(33)24-11-13-25(30)14-12-24/h5-15,18,20-21,26,32H,16-17,19H2,1-4H3. The van der Waals surface area contributed by atoms with Crippen molar-refractivity contribution < 1.29 is 14.6 Å². The van der Waals surface area contributed by atoms with Gasteiger partial charge in [-0.25, -0.2) is 4.79 Å². The molecule has 0 bridgehead atoms. The molecule has 0 amide bonds. The largest absolute Gasteiger partial charge is 0.423 e. The number of carbonyl (C=O) groups excluding carboxylic acids is 1. The molecule has 0 saturated heterocycles. The Labute approximate surface area is 208 Å². The number of nitrogens with zero attached hydrogens (tertiary/aromatic N) is 1. The molecular weight excluding hydrogens is 446 g/mol. The summed E-state index contributed by atoms with van der Waals surface area (Å²) in [5.41, 5.74) is 3.26. The molecule has 4 nitrogen and oxygen atoms in total. The van der Waals surface area contributed by atoms with Crippen LogP contribution in [0, 0.1) is 0 Å². The number of rotatable bonds is 10. The minimum absolute atomic E-state index is 0.000665. The lowest BCUT2D eigenvalue weighted by Crippen LogP contribution is -2.38. The molecule has 0 aliphatic rings. The molecule has 0 fully saturated rings. The van der Waals surface area contributed by atoms with E-state index in [2.05, 4.69) is 44.7 Å². The van der Waals surface area contributed by atoms with E-state index in [0.717, 1.165) is 29.7 Å². The normalized spacial score (nSPS) is 12.4. The molecule has 1 unspecified atom stereocenters. The van der Waals surface area contributed by atoms with Crippen LogP contribution in [-0.2, 0) is 6.61 Å². The summed E-state index contributed by atoms with van der Waals surface area (Å²) in [7, 11) is 0. The van der Waals surface area contributed by atoms with Gasteiger partial charge in [0, 0.05) is 28.6 Å². The van der Waals surface area contributed by atoms with Crippen molar-refractivity contribution in [3.05, 3.63) is 100 Å². The smallest absolute Gasteiger partial charge is 0.343 e. The number of ether oxygens (including phenoxy) is 1. The van der Waals surface area contributed by atoms with Gasteiger partial charge < -0.3 is 9.84 Å². The predicted octanol–water partition coefficient (Wildman–Crippen LogP) is 6.69. The number of esters is 1. The van der Waals surface area contributed by atoms with Crippen molar-refractivity contribution >= 4 is 17.6 Å². The van der Waals surface area contributed by atoms with Crippen LogP contribution in [0.3, 0.4) is 0 Å². The van der Waals surface area contributed by atoms with E-state index in [1.54, 1.807) is 36.4 Å². The second-order valence-corrected chi connectivity index (χ2v) is 9.54. The summed E-state index contributed by atoms with van der Waals surface area (Å²) in [5.74, 6) is 0.0693.